The molecule has 0 N–H and O–H groups in total. The number of piperazine rings is 1. The maximum absolute atomic E-state index is 13.1. The predicted molar refractivity (Wildman–Crippen MR) is 120 cm³/mol. The molecule has 2 aromatic rings. The Morgan fingerprint density at radius 1 is 1.03 bits per heavy atom. The van der Waals surface area contributed by atoms with Gasteiger partial charge in [-0.15, -0.1) is 11.3 Å². The molecule has 8 heteroatoms. The van der Waals surface area contributed by atoms with Gasteiger partial charge in [-0.2, -0.15) is 4.31 Å². The summed E-state index contributed by atoms with van der Waals surface area (Å²) in [6, 6.07) is 12.2. The molecule has 0 aliphatic carbocycles. The van der Waals surface area contributed by atoms with Gasteiger partial charge in [0.15, 0.2) is 0 Å². The van der Waals surface area contributed by atoms with E-state index >= 15 is 0 Å². The smallest absolute Gasteiger partial charge is 0.252 e. The van der Waals surface area contributed by atoms with Crippen LogP contribution in [0.15, 0.2) is 46.0 Å². The molecule has 1 amide bonds. The first kappa shape index (κ1) is 21.3. The van der Waals surface area contributed by atoms with E-state index in [-0.39, 0.29) is 17.9 Å². The van der Waals surface area contributed by atoms with E-state index in [2.05, 4.69) is 43.0 Å². The van der Waals surface area contributed by atoms with Crippen molar-refractivity contribution in [3.8, 4) is 0 Å². The zero-order valence-corrected chi connectivity index (χ0v) is 19.2. The third kappa shape index (κ3) is 4.26. The minimum absolute atomic E-state index is 0.0853. The lowest BCUT2D eigenvalue weighted by atomic mass is 9.95. The lowest BCUT2D eigenvalue weighted by Gasteiger charge is -2.43. The van der Waals surface area contributed by atoms with Crippen molar-refractivity contribution in [1.82, 2.24) is 9.21 Å². The average molecular weight is 448 g/mol. The number of benzene rings is 1. The van der Waals surface area contributed by atoms with Gasteiger partial charge >= 0.3 is 0 Å². The van der Waals surface area contributed by atoms with Crippen molar-refractivity contribution in [2.24, 2.45) is 5.92 Å². The molecule has 4 rings (SSSR count). The quantitative estimate of drug-likeness (QED) is 0.722. The Morgan fingerprint density at radius 3 is 2.33 bits per heavy atom. The summed E-state index contributed by atoms with van der Waals surface area (Å²) in [5.41, 5.74) is 2.44. The highest BCUT2D eigenvalue weighted by atomic mass is 32.2. The second-order valence-electron chi connectivity index (χ2n) is 8.27. The molecule has 1 atom stereocenters. The van der Waals surface area contributed by atoms with Crippen molar-refractivity contribution < 1.29 is 13.2 Å². The van der Waals surface area contributed by atoms with E-state index in [0.29, 0.717) is 43.2 Å². The van der Waals surface area contributed by atoms with E-state index in [1.54, 1.807) is 17.5 Å². The summed E-state index contributed by atoms with van der Waals surface area (Å²) in [5, 5.41) is 1.78. The molecule has 2 fully saturated rings. The van der Waals surface area contributed by atoms with Gasteiger partial charge in [0.25, 0.3) is 10.0 Å². The van der Waals surface area contributed by atoms with Crippen molar-refractivity contribution >= 4 is 33.0 Å². The minimum Gasteiger partial charge on any atom is -0.365 e. The molecule has 0 saturated carbocycles. The first-order valence-corrected chi connectivity index (χ1v) is 12.8. The van der Waals surface area contributed by atoms with E-state index in [9.17, 15) is 13.2 Å². The number of amides is 1. The van der Waals surface area contributed by atoms with Crippen LogP contribution in [0.3, 0.4) is 0 Å². The number of anilines is 1. The molecular formula is C22H29N3O3S2. The topological polar surface area (TPSA) is 60.9 Å². The number of hydrogen-bond donors (Lipinski definition) is 0. The van der Waals surface area contributed by atoms with Gasteiger partial charge in [-0.25, -0.2) is 8.42 Å². The molecule has 3 heterocycles. The highest BCUT2D eigenvalue weighted by Gasteiger charge is 2.36. The number of sulfonamides is 1. The summed E-state index contributed by atoms with van der Waals surface area (Å²) in [4.78, 5) is 17.4. The van der Waals surface area contributed by atoms with Crippen molar-refractivity contribution in [2.75, 3.05) is 37.6 Å². The zero-order chi connectivity index (χ0) is 21.3. The summed E-state index contributed by atoms with van der Waals surface area (Å²) in [5.74, 6) is 0.0940. The molecule has 2 aliphatic rings. The molecule has 0 spiro atoms. The number of piperidine rings is 1. The Morgan fingerprint density at radius 2 is 1.73 bits per heavy atom. The maximum Gasteiger partial charge on any atom is 0.252 e. The Balaban J connectivity index is 1.33. The highest BCUT2D eigenvalue weighted by Crippen LogP contribution is 2.28. The maximum atomic E-state index is 13.1. The fourth-order valence-corrected chi connectivity index (χ4v) is 7.03. The van der Waals surface area contributed by atoms with Gasteiger partial charge in [0.05, 0.1) is 0 Å². The number of rotatable bonds is 4. The van der Waals surface area contributed by atoms with Crippen LogP contribution in [0, 0.1) is 12.8 Å². The van der Waals surface area contributed by atoms with Crippen LogP contribution < -0.4 is 4.90 Å². The molecule has 2 aliphatic heterocycles. The van der Waals surface area contributed by atoms with Crippen LogP contribution in [0.2, 0.25) is 0 Å². The molecule has 0 radical (unpaired) electrons. The van der Waals surface area contributed by atoms with Gasteiger partial charge in [-0.05, 0) is 50.3 Å². The second kappa shape index (κ2) is 8.69. The molecule has 0 unspecified atom stereocenters. The fraction of sp³-hybridized carbons (Fsp3) is 0.500. The number of nitrogens with zero attached hydrogens (tertiary/aromatic N) is 3. The summed E-state index contributed by atoms with van der Waals surface area (Å²) in [6.45, 7) is 7.31. The van der Waals surface area contributed by atoms with Gasteiger partial charge in [0.2, 0.25) is 5.91 Å². The lowest BCUT2D eigenvalue weighted by molar-refractivity contribution is -0.137. The third-order valence-electron chi connectivity index (χ3n) is 6.20. The SMILES string of the molecule is Cc1ccc(N2CCN(C(=O)C3CCN(S(=O)(=O)c4cccs4)CC3)C[C@H]2C)cc1. The zero-order valence-electron chi connectivity index (χ0n) is 17.5. The van der Waals surface area contributed by atoms with Gasteiger partial charge < -0.3 is 9.80 Å². The van der Waals surface area contributed by atoms with E-state index in [4.69, 9.17) is 0 Å². The van der Waals surface area contributed by atoms with Crippen LogP contribution in [-0.2, 0) is 14.8 Å². The van der Waals surface area contributed by atoms with Gasteiger partial charge in [-0.1, -0.05) is 23.8 Å². The lowest BCUT2D eigenvalue weighted by Crippen LogP contribution is -2.55. The van der Waals surface area contributed by atoms with Crippen LogP contribution in [0.25, 0.3) is 0 Å². The summed E-state index contributed by atoms with van der Waals surface area (Å²) < 4.78 is 27.3. The molecule has 2 saturated heterocycles. The molecular weight excluding hydrogens is 418 g/mol. The number of thiophene rings is 1. The van der Waals surface area contributed by atoms with Crippen LogP contribution in [-0.4, -0.2) is 62.3 Å². The first-order chi connectivity index (χ1) is 14.4. The Labute approximate surface area is 183 Å². The number of aryl methyl sites for hydroxylation is 1. The summed E-state index contributed by atoms with van der Waals surface area (Å²) in [7, 11) is -3.42. The number of carbonyl (C=O) groups excluding carboxylic acids is 1. The van der Waals surface area contributed by atoms with Crippen molar-refractivity contribution in [3.05, 3.63) is 47.3 Å². The van der Waals surface area contributed by atoms with E-state index in [1.165, 1.54) is 26.9 Å². The monoisotopic (exact) mass is 447 g/mol. The molecule has 1 aromatic carbocycles. The molecule has 30 heavy (non-hydrogen) atoms. The summed E-state index contributed by atoms with van der Waals surface area (Å²) in [6.07, 6.45) is 1.19. The van der Waals surface area contributed by atoms with E-state index < -0.39 is 10.0 Å². The van der Waals surface area contributed by atoms with E-state index in [0.717, 1.165) is 6.54 Å². The Bertz CT molecular complexity index is 966. The van der Waals surface area contributed by atoms with Gasteiger partial charge in [0.1, 0.15) is 4.21 Å². The van der Waals surface area contributed by atoms with Gasteiger partial charge in [-0.3, -0.25) is 4.79 Å². The Kier molecular flexibility index (Phi) is 6.18. The van der Waals surface area contributed by atoms with Crippen LogP contribution >= 0.6 is 11.3 Å². The van der Waals surface area contributed by atoms with Crippen molar-refractivity contribution in [3.63, 3.8) is 0 Å². The van der Waals surface area contributed by atoms with Crippen LogP contribution in [0.1, 0.15) is 25.3 Å². The number of hydrogen-bond acceptors (Lipinski definition) is 5. The fourth-order valence-electron chi connectivity index (χ4n) is 4.42. The normalized spacial score (nSPS) is 21.7. The third-order valence-corrected chi connectivity index (χ3v) is 9.47. The largest absolute Gasteiger partial charge is 0.365 e. The molecule has 6 nitrogen and oxygen atoms in total. The molecule has 0 bridgehead atoms. The van der Waals surface area contributed by atoms with Gasteiger partial charge in [0, 0.05) is 50.4 Å². The number of carbonyl (C=O) groups is 1. The van der Waals surface area contributed by atoms with Crippen LogP contribution in [0.5, 0.6) is 0 Å². The highest BCUT2D eigenvalue weighted by molar-refractivity contribution is 7.91. The van der Waals surface area contributed by atoms with E-state index in [1.807, 2.05) is 4.90 Å². The molecule has 162 valence electrons. The average Bonchev–Trinajstić information content (AvgIpc) is 3.30. The standard InChI is InChI=1S/C22H29N3O3S2/c1-17-5-7-20(8-6-17)25-14-13-23(16-18(25)2)22(26)19-9-11-24(12-10-19)30(27,28)21-4-3-15-29-21/h3-8,15,18-19H,9-14,16H2,1-2H3/t18-/m1/s1. The predicted octanol–water partition coefficient (Wildman–Crippen LogP) is 3.19. The van der Waals surface area contributed by atoms with Crippen LogP contribution in [0.4, 0.5) is 5.69 Å². The van der Waals surface area contributed by atoms with Crippen molar-refractivity contribution in [1.29, 1.82) is 0 Å². The minimum atomic E-state index is -3.42. The van der Waals surface area contributed by atoms with Crippen molar-refractivity contribution in [2.45, 2.75) is 36.9 Å². The summed E-state index contributed by atoms with van der Waals surface area (Å²) >= 11 is 1.24. The molecule has 1 aromatic heterocycles. The first-order valence-electron chi connectivity index (χ1n) is 10.5. The Hall–Kier alpha value is -1.90. The second-order valence-corrected chi connectivity index (χ2v) is 11.4.